The van der Waals surface area contributed by atoms with E-state index in [1.807, 2.05) is 24.3 Å². The molecule has 5 rings (SSSR count). The van der Waals surface area contributed by atoms with Crippen LogP contribution in [0.2, 0.25) is 0 Å². The van der Waals surface area contributed by atoms with E-state index in [0.717, 1.165) is 22.6 Å². The average molecular weight is 595 g/mol. The van der Waals surface area contributed by atoms with Crippen LogP contribution >= 0.6 is 0 Å². The van der Waals surface area contributed by atoms with E-state index in [1.54, 1.807) is 42.5 Å². The van der Waals surface area contributed by atoms with E-state index in [1.165, 1.54) is 25.5 Å². The number of carbonyl (C=O) groups is 1. The molecule has 224 valence electrons. The van der Waals surface area contributed by atoms with Crippen LogP contribution in [0.1, 0.15) is 38.8 Å². The van der Waals surface area contributed by atoms with E-state index in [0.29, 0.717) is 28.6 Å². The summed E-state index contributed by atoms with van der Waals surface area (Å²) in [6.07, 6.45) is 1.47. The Morgan fingerprint density at radius 3 is 2.32 bits per heavy atom. The number of amides is 1. The van der Waals surface area contributed by atoms with Gasteiger partial charge in [0.1, 0.15) is 24.7 Å². The Morgan fingerprint density at radius 1 is 0.909 bits per heavy atom. The quantitative estimate of drug-likeness (QED) is 0.0988. The van der Waals surface area contributed by atoms with Gasteiger partial charge >= 0.3 is 5.91 Å². The summed E-state index contributed by atoms with van der Waals surface area (Å²) in [5.41, 5.74) is 7.25. The Bertz CT molecular complexity index is 1770. The summed E-state index contributed by atoms with van der Waals surface area (Å²) < 4.78 is 24.9. The topological polar surface area (TPSA) is 130 Å². The second-order valence-electron chi connectivity index (χ2n) is 9.82. The molecule has 0 aliphatic heterocycles. The van der Waals surface area contributed by atoms with E-state index in [4.69, 9.17) is 18.6 Å². The Morgan fingerprint density at radius 2 is 1.64 bits per heavy atom. The van der Waals surface area contributed by atoms with Gasteiger partial charge < -0.3 is 23.2 Å². The number of aryl methyl sites for hydroxylation is 2. The van der Waals surface area contributed by atoms with Gasteiger partial charge in [-0.05, 0) is 104 Å². The molecule has 44 heavy (non-hydrogen) atoms. The number of hydrogen-bond donors (Lipinski definition) is 1. The van der Waals surface area contributed by atoms with Gasteiger partial charge in [-0.25, -0.2) is 5.43 Å². The summed E-state index contributed by atoms with van der Waals surface area (Å²) >= 11 is 0. The number of methoxy groups -OCH3 is 1. The third-order valence-corrected chi connectivity index (χ3v) is 6.74. The molecule has 11 heteroatoms. The number of nitrogens with one attached hydrogen (secondary N) is 1. The van der Waals surface area contributed by atoms with Crippen LogP contribution in [0.4, 0.5) is 5.69 Å². The molecule has 0 unspecified atom stereocenters. The van der Waals surface area contributed by atoms with Crippen LogP contribution in [0.15, 0.2) is 101 Å². The zero-order valence-electron chi connectivity index (χ0n) is 24.4. The van der Waals surface area contributed by atoms with Crippen LogP contribution < -0.4 is 19.6 Å². The minimum atomic E-state index is -0.510. The first kappa shape index (κ1) is 29.6. The lowest BCUT2D eigenvalue weighted by atomic mass is 10.2. The van der Waals surface area contributed by atoms with Gasteiger partial charge in [0, 0.05) is 29.2 Å². The van der Waals surface area contributed by atoms with Crippen LogP contribution in [0, 0.1) is 24.0 Å². The predicted molar refractivity (Wildman–Crippen MR) is 164 cm³/mol. The largest absolute Gasteiger partial charge is 0.493 e. The molecular formula is C33H30N4O7. The molecule has 2 aromatic heterocycles. The first-order valence-electron chi connectivity index (χ1n) is 13.6. The fourth-order valence-corrected chi connectivity index (χ4v) is 4.48. The maximum absolute atomic E-state index is 12.5. The lowest BCUT2D eigenvalue weighted by molar-refractivity contribution is -0.384. The number of benzene rings is 3. The molecule has 0 atom stereocenters. The number of carbonyl (C=O) groups excluding carboxylic acids is 1. The Kier molecular flexibility index (Phi) is 9.05. The number of nitrogens with zero attached hydrogens (tertiary/aromatic N) is 3. The van der Waals surface area contributed by atoms with Gasteiger partial charge in [-0.1, -0.05) is 0 Å². The molecule has 2 heterocycles. The van der Waals surface area contributed by atoms with E-state index < -0.39 is 10.8 Å². The lowest BCUT2D eigenvalue weighted by Gasteiger charge is -2.11. The predicted octanol–water partition coefficient (Wildman–Crippen LogP) is 6.53. The maximum Gasteiger partial charge on any atom is 0.307 e. The van der Waals surface area contributed by atoms with Crippen molar-refractivity contribution in [3.63, 3.8) is 0 Å². The summed E-state index contributed by atoms with van der Waals surface area (Å²) in [7, 11) is 1.51. The lowest BCUT2D eigenvalue weighted by Crippen LogP contribution is -2.16. The number of rotatable bonds is 12. The van der Waals surface area contributed by atoms with E-state index in [-0.39, 0.29) is 24.7 Å². The van der Waals surface area contributed by atoms with Crippen LogP contribution in [0.3, 0.4) is 0 Å². The Balaban J connectivity index is 1.11. The van der Waals surface area contributed by atoms with Crippen molar-refractivity contribution in [2.24, 2.45) is 5.10 Å². The van der Waals surface area contributed by atoms with Crippen LogP contribution in [0.5, 0.6) is 17.2 Å². The number of hydrogen-bond acceptors (Lipinski definition) is 8. The zero-order chi connectivity index (χ0) is 31.1. The maximum atomic E-state index is 12.5. The number of non-ortho nitro benzene ring substituents is 1. The Labute approximate surface area is 253 Å². The highest BCUT2D eigenvalue weighted by Crippen LogP contribution is 2.28. The number of aromatic nitrogens is 1. The van der Waals surface area contributed by atoms with Crippen molar-refractivity contribution in [1.82, 2.24) is 9.99 Å². The number of nitro benzene ring substituents is 1. The standard InChI is InChI=1S/C33H30N4O7/c1-22-4-5-23(2)36(22)26-11-13-28(14-12-26)42-21-29-15-17-31(44-29)33(38)35-34-19-25-8-16-30(32(18-25)41-3)43-20-24-6-9-27(10-7-24)37(39)40/h4-19H,20-21H2,1-3H3,(H,35,38). The molecule has 0 bridgehead atoms. The summed E-state index contributed by atoms with van der Waals surface area (Å²) in [6.45, 7) is 4.49. The van der Waals surface area contributed by atoms with Gasteiger partial charge in [0.2, 0.25) is 0 Å². The highest BCUT2D eigenvalue weighted by molar-refractivity contribution is 5.92. The fourth-order valence-electron chi connectivity index (χ4n) is 4.48. The molecule has 1 amide bonds. The molecule has 5 aromatic rings. The van der Waals surface area contributed by atoms with Crippen molar-refractivity contribution in [3.8, 4) is 22.9 Å². The zero-order valence-corrected chi connectivity index (χ0v) is 24.4. The highest BCUT2D eigenvalue weighted by atomic mass is 16.6. The minimum Gasteiger partial charge on any atom is -0.493 e. The molecule has 0 fully saturated rings. The van der Waals surface area contributed by atoms with Gasteiger partial charge in [0.15, 0.2) is 17.3 Å². The van der Waals surface area contributed by atoms with Crippen molar-refractivity contribution < 1.29 is 28.3 Å². The Hall–Kier alpha value is -5.84. The number of nitro groups is 1. The van der Waals surface area contributed by atoms with E-state index >= 15 is 0 Å². The molecule has 3 aromatic carbocycles. The van der Waals surface area contributed by atoms with Crippen LogP contribution in [0.25, 0.3) is 5.69 Å². The van der Waals surface area contributed by atoms with Gasteiger partial charge in [-0.3, -0.25) is 14.9 Å². The van der Waals surface area contributed by atoms with Crippen molar-refractivity contribution in [1.29, 1.82) is 0 Å². The second-order valence-corrected chi connectivity index (χ2v) is 9.82. The molecule has 0 spiro atoms. The van der Waals surface area contributed by atoms with Crippen molar-refractivity contribution >= 4 is 17.8 Å². The van der Waals surface area contributed by atoms with Crippen molar-refractivity contribution in [3.05, 3.63) is 135 Å². The van der Waals surface area contributed by atoms with Crippen LogP contribution in [-0.4, -0.2) is 28.7 Å². The van der Waals surface area contributed by atoms with E-state index in [9.17, 15) is 14.9 Å². The van der Waals surface area contributed by atoms with Crippen molar-refractivity contribution in [2.45, 2.75) is 27.1 Å². The fraction of sp³-hybridized carbons (Fsp3) is 0.152. The smallest absolute Gasteiger partial charge is 0.307 e. The first-order chi connectivity index (χ1) is 21.3. The highest BCUT2D eigenvalue weighted by Gasteiger charge is 2.12. The number of ether oxygens (including phenoxy) is 3. The summed E-state index contributed by atoms with van der Waals surface area (Å²) in [5, 5.41) is 14.8. The second kappa shape index (κ2) is 13.4. The third kappa shape index (κ3) is 7.13. The molecule has 0 radical (unpaired) electrons. The minimum absolute atomic E-state index is 0.0135. The van der Waals surface area contributed by atoms with Gasteiger partial charge in [-0.15, -0.1) is 0 Å². The van der Waals surface area contributed by atoms with Gasteiger partial charge in [0.25, 0.3) is 5.69 Å². The average Bonchev–Trinajstić information content (AvgIpc) is 3.65. The molecule has 0 aliphatic rings. The molecule has 0 saturated carbocycles. The normalized spacial score (nSPS) is 11.0. The summed E-state index contributed by atoms with van der Waals surface area (Å²) in [5.74, 6) is 1.71. The molecule has 0 saturated heterocycles. The monoisotopic (exact) mass is 594 g/mol. The molecule has 0 aliphatic carbocycles. The SMILES string of the molecule is COc1cc(C=NNC(=O)c2ccc(COc3ccc(-n4c(C)ccc4C)cc3)o2)ccc1OCc1ccc([N+](=O)[O-])cc1. The molecule has 11 nitrogen and oxygen atoms in total. The van der Waals surface area contributed by atoms with E-state index in [2.05, 4.69) is 41.1 Å². The van der Waals surface area contributed by atoms with Crippen LogP contribution in [-0.2, 0) is 13.2 Å². The molecule has 1 N–H and O–H groups in total. The van der Waals surface area contributed by atoms with Gasteiger partial charge in [0.05, 0.1) is 18.2 Å². The first-order valence-corrected chi connectivity index (χ1v) is 13.6. The van der Waals surface area contributed by atoms with Crippen molar-refractivity contribution in [2.75, 3.05) is 7.11 Å². The van der Waals surface area contributed by atoms with Gasteiger partial charge in [-0.2, -0.15) is 5.10 Å². The third-order valence-electron chi connectivity index (χ3n) is 6.74. The number of furan rings is 1. The number of hydrazone groups is 1. The summed E-state index contributed by atoms with van der Waals surface area (Å²) in [6, 6.07) is 26.5. The molecular weight excluding hydrogens is 564 g/mol. The summed E-state index contributed by atoms with van der Waals surface area (Å²) in [4.78, 5) is 22.9.